The highest BCUT2D eigenvalue weighted by Gasteiger charge is 2.25. The van der Waals surface area contributed by atoms with Crippen molar-refractivity contribution in [3.8, 4) is 11.5 Å². The molecule has 142 valence electrons. The molecule has 0 saturated heterocycles. The standard InChI is InChI=1S/C19H20N2O6/c1-21(9-16(23)20-11-6-7-11)17(24)10-27-19(26)14-8-15(22)12-4-2-3-5-13(12)18(14)25/h2-5,8,11,22,25H,6-7,9-10H2,1H3,(H,20,23). The Bertz CT molecular complexity index is 906. The van der Waals surface area contributed by atoms with Gasteiger partial charge in [-0.1, -0.05) is 24.3 Å². The van der Waals surface area contributed by atoms with Gasteiger partial charge in [-0.3, -0.25) is 9.59 Å². The molecule has 0 aromatic heterocycles. The topological polar surface area (TPSA) is 116 Å². The molecule has 0 atom stereocenters. The molecule has 0 bridgehead atoms. The first-order chi connectivity index (χ1) is 12.9. The fourth-order valence-corrected chi connectivity index (χ4v) is 2.62. The SMILES string of the molecule is CN(CC(=O)NC1CC1)C(=O)COC(=O)c1cc(O)c2ccccc2c1O. The normalized spacial score (nSPS) is 13.2. The van der Waals surface area contributed by atoms with E-state index in [1.165, 1.54) is 7.05 Å². The molecular weight excluding hydrogens is 352 g/mol. The minimum Gasteiger partial charge on any atom is -0.507 e. The molecule has 1 fully saturated rings. The largest absolute Gasteiger partial charge is 0.507 e. The number of rotatable bonds is 6. The van der Waals surface area contributed by atoms with Crippen LogP contribution >= 0.6 is 0 Å². The molecule has 0 heterocycles. The Hall–Kier alpha value is -3.29. The van der Waals surface area contributed by atoms with Crippen molar-refractivity contribution in [1.82, 2.24) is 10.2 Å². The number of aromatic hydroxyl groups is 2. The predicted octanol–water partition coefficient (Wildman–Crippen LogP) is 1.14. The Balaban J connectivity index is 1.61. The molecule has 0 radical (unpaired) electrons. The molecule has 1 aliphatic rings. The zero-order valence-electron chi connectivity index (χ0n) is 14.8. The minimum atomic E-state index is -0.947. The second-order valence-corrected chi connectivity index (χ2v) is 6.51. The van der Waals surface area contributed by atoms with Gasteiger partial charge in [0.05, 0.1) is 6.54 Å². The number of esters is 1. The van der Waals surface area contributed by atoms with Crippen LogP contribution in [0.3, 0.4) is 0 Å². The Morgan fingerprint density at radius 1 is 1.19 bits per heavy atom. The molecule has 3 N–H and O–H groups in total. The van der Waals surface area contributed by atoms with Crippen molar-refractivity contribution in [3.63, 3.8) is 0 Å². The maximum atomic E-state index is 12.2. The monoisotopic (exact) mass is 372 g/mol. The van der Waals surface area contributed by atoms with Crippen molar-refractivity contribution in [3.05, 3.63) is 35.9 Å². The Morgan fingerprint density at radius 2 is 1.85 bits per heavy atom. The van der Waals surface area contributed by atoms with Crippen LogP contribution in [0.15, 0.2) is 30.3 Å². The number of benzene rings is 2. The molecule has 8 heteroatoms. The molecular formula is C19H20N2O6. The van der Waals surface area contributed by atoms with E-state index in [2.05, 4.69) is 5.32 Å². The van der Waals surface area contributed by atoms with Crippen LogP contribution in [0.1, 0.15) is 23.2 Å². The third-order valence-electron chi connectivity index (χ3n) is 4.29. The first-order valence-electron chi connectivity index (χ1n) is 8.51. The summed E-state index contributed by atoms with van der Waals surface area (Å²) in [5, 5.41) is 23.7. The molecule has 0 aliphatic heterocycles. The zero-order valence-corrected chi connectivity index (χ0v) is 14.8. The molecule has 3 rings (SSSR count). The molecule has 8 nitrogen and oxygen atoms in total. The highest BCUT2D eigenvalue weighted by atomic mass is 16.5. The molecule has 2 aromatic carbocycles. The van der Waals surface area contributed by atoms with Crippen LogP contribution in [0.4, 0.5) is 0 Å². The van der Waals surface area contributed by atoms with Crippen molar-refractivity contribution in [2.24, 2.45) is 0 Å². The van der Waals surface area contributed by atoms with Crippen molar-refractivity contribution in [2.45, 2.75) is 18.9 Å². The van der Waals surface area contributed by atoms with E-state index >= 15 is 0 Å². The first-order valence-corrected chi connectivity index (χ1v) is 8.51. The third kappa shape index (κ3) is 4.28. The number of phenols is 2. The van der Waals surface area contributed by atoms with Crippen LogP contribution in [-0.4, -0.2) is 59.1 Å². The number of ether oxygens (including phenoxy) is 1. The number of nitrogens with zero attached hydrogens (tertiary/aromatic N) is 1. The third-order valence-corrected chi connectivity index (χ3v) is 4.29. The molecule has 2 aromatic rings. The van der Waals surface area contributed by atoms with Crippen molar-refractivity contribution >= 4 is 28.6 Å². The summed E-state index contributed by atoms with van der Waals surface area (Å²) in [6, 6.07) is 7.79. The quantitative estimate of drug-likeness (QED) is 0.517. The van der Waals surface area contributed by atoms with Gasteiger partial charge in [0.25, 0.3) is 5.91 Å². The van der Waals surface area contributed by atoms with E-state index in [0.29, 0.717) is 10.8 Å². The van der Waals surface area contributed by atoms with E-state index in [9.17, 15) is 24.6 Å². The van der Waals surface area contributed by atoms with E-state index in [1.807, 2.05) is 0 Å². The summed E-state index contributed by atoms with van der Waals surface area (Å²) in [4.78, 5) is 37.1. The highest BCUT2D eigenvalue weighted by Crippen LogP contribution is 2.35. The lowest BCUT2D eigenvalue weighted by molar-refractivity contribution is -0.137. The smallest absolute Gasteiger partial charge is 0.342 e. The summed E-state index contributed by atoms with van der Waals surface area (Å²) in [6.07, 6.45) is 1.90. The van der Waals surface area contributed by atoms with Gasteiger partial charge in [0, 0.05) is 23.9 Å². The summed E-state index contributed by atoms with van der Waals surface area (Å²) in [6.45, 7) is -0.714. The summed E-state index contributed by atoms with van der Waals surface area (Å²) in [5.41, 5.74) is -0.242. The Morgan fingerprint density at radius 3 is 2.52 bits per heavy atom. The van der Waals surface area contributed by atoms with Gasteiger partial charge in [-0.05, 0) is 18.9 Å². The van der Waals surface area contributed by atoms with Crippen molar-refractivity contribution < 1.29 is 29.3 Å². The lowest BCUT2D eigenvalue weighted by atomic mass is 10.0. The number of phenolic OH excluding ortho intramolecular Hbond substituents is 2. The average Bonchev–Trinajstić information content (AvgIpc) is 3.46. The van der Waals surface area contributed by atoms with Gasteiger partial charge in [-0.15, -0.1) is 0 Å². The summed E-state index contributed by atoms with van der Waals surface area (Å²) in [7, 11) is 1.43. The number of fused-ring (bicyclic) bond motifs is 1. The van der Waals surface area contributed by atoms with Crippen LogP contribution in [0, 0.1) is 0 Å². The number of carbonyl (C=O) groups excluding carboxylic acids is 3. The van der Waals surface area contributed by atoms with E-state index in [4.69, 9.17) is 4.74 Å². The molecule has 0 unspecified atom stereocenters. The Labute approximate surface area is 155 Å². The first kappa shape index (κ1) is 18.5. The second kappa shape index (κ2) is 7.53. The summed E-state index contributed by atoms with van der Waals surface area (Å²) >= 11 is 0. The van der Waals surface area contributed by atoms with E-state index < -0.39 is 18.5 Å². The molecule has 0 spiro atoms. The van der Waals surface area contributed by atoms with Crippen LogP contribution in [-0.2, 0) is 14.3 Å². The van der Waals surface area contributed by atoms with Gasteiger partial charge < -0.3 is 25.2 Å². The summed E-state index contributed by atoms with van der Waals surface area (Å²) < 4.78 is 4.94. The lowest BCUT2D eigenvalue weighted by Crippen LogP contribution is -2.40. The number of hydrogen-bond acceptors (Lipinski definition) is 6. The number of carbonyl (C=O) groups is 3. The average molecular weight is 372 g/mol. The van der Waals surface area contributed by atoms with Gasteiger partial charge in [0.15, 0.2) is 6.61 Å². The zero-order chi connectivity index (χ0) is 19.6. The number of nitrogens with one attached hydrogen (secondary N) is 1. The fraction of sp³-hybridized carbons (Fsp3) is 0.316. The van der Waals surface area contributed by atoms with E-state index in [1.54, 1.807) is 24.3 Å². The minimum absolute atomic E-state index is 0.130. The second-order valence-electron chi connectivity index (χ2n) is 6.51. The van der Waals surface area contributed by atoms with Gasteiger partial charge in [0.1, 0.15) is 17.1 Å². The number of amides is 2. The maximum absolute atomic E-state index is 12.2. The van der Waals surface area contributed by atoms with Gasteiger partial charge >= 0.3 is 5.97 Å². The van der Waals surface area contributed by atoms with Gasteiger partial charge in [-0.2, -0.15) is 0 Å². The molecule has 1 saturated carbocycles. The highest BCUT2D eigenvalue weighted by molar-refractivity contribution is 6.04. The van der Waals surface area contributed by atoms with Crippen LogP contribution in [0.25, 0.3) is 10.8 Å². The van der Waals surface area contributed by atoms with Crippen LogP contribution < -0.4 is 5.32 Å². The van der Waals surface area contributed by atoms with Gasteiger partial charge in [-0.25, -0.2) is 4.79 Å². The van der Waals surface area contributed by atoms with E-state index in [-0.39, 0.29) is 35.6 Å². The fourth-order valence-electron chi connectivity index (χ4n) is 2.62. The molecule has 27 heavy (non-hydrogen) atoms. The lowest BCUT2D eigenvalue weighted by Gasteiger charge is -2.17. The van der Waals surface area contributed by atoms with Crippen molar-refractivity contribution in [1.29, 1.82) is 0 Å². The van der Waals surface area contributed by atoms with Crippen molar-refractivity contribution in [2.75, 3.05) is 20.2 Å². The molecule has 1 aliphatic carbocycles. The predicted molar refractivity (Wildman–Crippen MR) is 96.4 cm³/mol. The van der Waals surface area contributed by atoms with Gasteiger partial charge in [0.2, 0.25) is 5.91 Å². The van der Waals surface area contributed by atoms with Crippen LogP contribution in [0.5, 0.6) is 11.5 Å². The number of hydrogen-bond donors (Lipinski definition) is 3. The number of likely N-dealkylation sites (N-methyl/N-ethyl adjacent to an activating group) is 1. The Kier molecular flexibility index (Phi) is 5.16. The molecule has 2 amide bonds. The summed E-state index contributed by atoms with van der Waals surface area (Å²) in [5.74, 6) is -2.29. The maximum Gasteiger partial charge on any atom is 0.342 e. The van der Waals surface area contributed by atoms with Crippen LogP contribution in [0.2, 0.25) is 0 Å². The van der Waals surface area contributed by atoms with E-state index in [0.717, 1.165) is 23.8 Å².